The molecule has 76 valence electrons. The van der Waals surface area contributed by atoms with Crippen LogP contribution in [0.25, 0.3) is 0 Å². The second-order valence-corrected chi connectivity index (χ2v) is 4.30. The van der Waals surface area contributed by atoms with Crippen molar-refractivity contribution in [2.24, 2.45) is 5.92 Å². The zero-order valence-electron chi connectivity index (χ0n) is 9.10. The third-order valence-corrected chi connectivity index (χ3v) is 3.13. The lowest BCUT2D eigenvalue weighted by Gasteiger charge is -2.08. The van der Waals surface area contributed by atoms with Gasteiger partial charge < -0.3 is 0 Å². The molecule has 1 aliphatic rings. The highest BCUT2D eigenvalue weighted by Gasteiger charge is 2.02. The Hall–Kier alpha value is -0.260. The highest BCUT2D eigenvalue weighted by atomic mass is 14.1. The summed E-state index contributed by atoms with van der Waals surface area (Å²) in [7, 11) is 0. The summed E-state index contributed by atoms with van der Waals surface area (Å²) < 4.78 is 0. The van der Waals surface area contributed by atoms with Gasteiger partial charge in [-0.15, -0.1) is 0 Å². The largest absolute Gasteiger partial charge is 0.0883 e. The van der Waals surface area contributed by atoms with Gasteiger partial charge >= 0.3 is 0 Å². The minimum atomic E-state index is 0.873. The van der Waals surface area contributed by atoms with Crippen LogP contribution in [0.15, 0.2) is 12.2 Å². The van der Waals surface area contributed by atoms with Gasteiger partial charge in [-0.1, -0.05) is 51.2 Å². The van der Waals surface area contributed by atoms with E-state index in [1.165, 1.54) is 57.8 Å². The minimum Gasteiger partial charge on any atom is -0.0883 e. The Kier molecular flexibility index (Phi) is 5.97. The summed E-state index contributed by atoms with van der Waals surface area (Å²) in [6.07, 6.45) is 17.6. The van der Waals surface area contributed by atoms with Crippen LogP contribution in [0, 0.1) is 5.92 Å². The van der Waals surface area contributed by atoms with Crippen LogP contribution < -0.4 is 0 Å². The maximum absolute atomic E-state index is 2.46. The molecule has 0 spiro atoms. The number of hydrogen-bond donors (Lipinski definition) is 0. The second-order valence-electron chi connectivity index (χ2n) is 4.30. The van der Waals surface area contributed by atoms with Gasteiger partial charge in [-0.3, -0.25) is 0 Å². The van der Waals surface area contributed by atoms with E-state index in [1.807, 2.05) is 0 Å². The first-order valence-electron chi connectivity index (χ1n) is 6.10. The maximum atomic E-state index is 2.46. The van der Waals surface area contributed by atoms with Crippen LogP contribution in [0.5, 0.6) is 0 Å². The molecule has 0 aliphatic heterocycles. The third kappa shape index (κ3) is 5.13. The van der Waals surface area contributed by atoms with Gasteiger partial charge in [0.2, 0.25) is 0 Å². The zero-order valence-corrected chi connectivity index (χ0v) is 9.10. The second kappa shape index (κ2) is 7.17. The van der Waals surface area contributed by atoms with E-state index < -0.39 is 0 Å². The molecule has 0 aromatic heterocycles. The summed E-state index contributed by atoms with van der Waals surface area (Å²) in [4.78, 5) is 0. The van der Waals surface area contributed by atoms with Crippen molar-refractivity contribution < 1.29 is 0 Å². The monoisotopic (exact) mass is 180 g/mol. The summed E-state index contributed by atoms with van der Waals surface area (Å²) in [6.45, 7) is 2.31. The molecule has 1 aliphatic carbocycles. The molecule has 0 radical (unpaired) electrons. The van der Waals surface area contributed by atoms with Crippen molar-refractivity contribution in [2.75, 3.05) is 0 Å². The molecule has 0 heterocycles. The summed E-state index contributed by atoms with van der Waals surface area (Å²) >= 11 is 0. The van der Waals surface area contributed by atoms with Gasteiger partial charge in [0, 0.05) is 0 Å². The molecule has 13 heavy (non-hydrogen) atoms. The van der Waals surface area contributed by atoms with Gasteiger partial charge in [0.25, 0.3) is 0 Å². The molecule has 1 unspecified atom stereocenters. The Morgan fingerprint density at radius 3 is 2.46 bits per heavy atom. The summed E-state index contributed by atoms with van der Waals surface area (Å²) in [5.41, 5.74) is 0. The summed E-state index contributed by atoms with van der Waals surface area (Å²) in [5.74, 6) is 0.873. The van der Waals surface area contributed by atoms with E-state index in [1.54, 1.807) is 0 Å². The molecule has 0 heteroatoms. The lowest BCUT2D eigenvalue weighted by Crippen LogP contribution is -1.93. The van der Waals surface area contributed by atoms with E-state index in [0.29, 0.717) is 0 Å². The Morgan fingerprint density at radius 1 is 1.00 bits per heavy atom. The molecule has 0 saturated heterocycles. The molecule has 0 aromatic carbocycles. The van der Waals surface area contributed by atoms with Crippen molar-refractivity contribution in [3.05, 3.63) is 12.2 Å². The number of allylic oxidation sites excluding steroid dienone is 2. The van der Waals surface area contributed by atoms with Gasteiger partial charge in [-0.2, -0.15) is 0 Å². The van der Waals surface area contributed by atoms with Crippen LogP contribution in [0.2, 0.25) is 0 Å². The molecular formula is C13H24. The molecule has 0 fully saturated rings. The van der Waals surface area contributed by atoms with Gasteiger partial charge in [0.05, 0.1) is 0 Å². The fraction of sp³-hybridized carbons (Fsp3) is 0.846. The molecule has 0 N–H and O–H groups in total. The molecule has 0 bridgehead atoms. The van der Waals surface area contributed by atoms with Crippen molar-refractivity contribution in [1.82, 2.24) is 0 Å². The molecular weight excluding hydrogens is 156 g/mol. The predicted octanol–water partition coefficient (Wildman–Crippen LogP) is 4.70. The van der Waals surface area contributed by atoms with Crippen LogP contribution in [-0.2, 0) is 0 Å². The Morgan fingerprint density at radius 2 is 1.69 bits per heavy atom. The van der Waals surface area contributed by atoms with E-state index in [2.05, 4.69) is 19.1 Å². The van der Waals surface area contributed by atoms with Gasteiger partial charge in [0.15, 0.2) is 0 Å². The van der Waals surface area contributed by atoms with Gasteiger partial charge in [-0.05, 0) is 31.6 Å². The standard InChI is InChI=1S/C13H24/c1-2-13-11-9-7-5-3-4-6-8-10-12-13/h9,11,13H,2-8,10,12H2,1H3/b11-9+. The molecule has 0 saturated carbocycles. The summed E-state index contributed by atoms with van der Waals surface area (Å²) in [6, 6.07) is 0. The average molecular weight is 180 g/mol. The quantitative estimate of drug-likeness (QED) is 0.513. The minimum absolute atomic E-state index is 0.873. The maximum Gasteiger partial charge on any atom is -0.0236 e. The van der Waals surface area contributed by atoms with E-state index in [4.69, 9.17) is 0 Å². The number of hydrogen-bond acceptors (Lipinski definition) is 0. The smallest absolute Gasteiger partial charge is 0.0236 e. The van der Waals surface area contributed by atoms with Crippen molar-refractivity contribution in [3.63, 3.8) is 0 Å². The van der Waals surface area contributed by atoms with E-state index in [0.717, 1.165) is 5.92 Å². The molecule has 0 nitrogen and oxygen atoms in total. The Labute approximate surface area is 83.4 Å². The van der Waals surface area contributed by atoms with Crippen LogP contribution in [-0.4, -0.2) is 0 Å². The number of rotatable bonds is 1. The van der Waals surface area contributed by atoms with Crippen molar-refractivity contribution in [2.45, 2.75) is 64.7 Å². The third-order valence-electron chi connectivity index (χ3n) is 3.13. The fourth-order valence-corrected chi connectivity index (χ4v) is 2.10. The lowest BCUT2D eigenvalue weighted by molar-refractivity contribution is 0.512. The van der Waals surface area contributed by atoms with Crippen LogP contribution in [0.3, 0.4) is 0 Å². The lowest BCUT2D eigenvalue weighted by atomic mass is 9.98. The SMILES string of the molecule is CCC1/C=C/CCCCCCCC1. The first-order valence-corrected chi connectivity index (χ1v) is 6.10. The predicted molar refractivity (Wildman–Crippen MR) is 59.9 cm³/mol. The average Bonchev–Trinajstić information content (AvgIpc) is 2.22. The molecule has 0 amide bonds. The van der Waals surface area contributed by atoms with Crippen LogP contribution in [0.4, 0.5) is 0 Å². The van der Waals surface area contributed by atoms with Crippen LogP contribution >= 0.6 is 0 Å². The zero-order chi connectivity index (χ0) is 9.36. The normalized spacial score (nSPS) is 29.2. The van der Waals surface area contributed by atoms with Crippen molar-refractivity contribution >= 4 is 0 Å². The van der Waals surface area contributed by atoms with E-state index in [9.17, 15) is 0 Å². The topological polar surface area (TPSA) is 0 Å². The summed E-state index contributed by atoms with van der Waals surface area (Å²) in [5, 5.41) is 0. The van der Waals surface area contributed by atoms with Crippen molar-refractivity contribution in [3.8, 4) is 0 Å². The highest BCUT2D eigenvalue weighted by Crippen LogP contribution is 2.18. The fourth-order valence-electron chi connectivity index (χ4n) is 2.10. The first-order chi connectivity index (χ1) is 6.43. The van der Waals surface area contributed by atoms with Gasteiger partial charge in [0.1, 0.15) is 0 Å². The first kappa shape index (κ1) is 10.8. The highest BCUT2D eigenvalue weighted by molar-refractivity contribution is 4.88. The van der Waals surface area contributed by atoms with E-state index >= 15 is 0 Å². The van der Waals surface area contributed by atoms with E-state index in [-0.39, 0.29) is 0 Å². The van der Waals surface area contributed by atoms with Gasteiger partial charge in [-0.25, -0.2) is 0 Å². The van der Waals surface area contributed by atoms with Crippen molar-refractivity contribution in [1.29, 1.82) is 0 Å². The molecule has 1 rings (SSSR count). The Balaban J connectivity index is 2.29. The van der Waals surface area contributed by atoms with Crippen LogP contribution in [0.1, 0.15) is 64.7 Å². The molecule has 0 aromatic rings. The Bertz CT molecular complexity index is 135. The molecule has 1 atom stereocenters.